The first kappa shape index (κ1) is 12.7. The van der Waals surface area contributed by atoms with Gasteiger partial charge in [-0.2, -0.15) is 0 Å². The highest BCUT2D eigenvalue weighted by atomic mass is 14.3. The highest BCUT2D eigenvalue weighted by Crippen LogP contribution is 2.37. The third kappa shape index (κ3) is 2.73. The molecule has 2 rings (SSSR count). The number of benzene rings is 1. The molecule has 1 unspecified atom stereocenters. The summed E-state index contributed by atoms with van der Waals surface area (Å²) < 4.78 is 0. The molecule has 0 nitrogen and oxygen atoms in total. The van der Waals surface area contributed by atoms with Gasteiger partial charge in [0, 0.05) is 0 Å². The van der Waals surface area contributed by atoms with E-state index in [1.54, 1.807) is 11.1 Å². The summed E-state index contributed by atoms with van der Waals surface area (Å²) in [7, 11) is 0. The van der Waals surface area contributed by atoms with Gasteiger partial charge < -0.3 is 0 Å². The van der Waals surface area contributed by atoms with Gasteiger partial charge in [-0.15, -0.1) is 0 Å². The molecule has 1 aliphatic rings. The third-order valence-corrected chi connectivity index (χ3v) is 4.65. The van der Waals surface area contributed by atoms with Crippen LogP contribution in [0.3, 0.4) is 0 Å². The first-order valence-electron chi connectivity index (χ1n) is 7.32. The largest absolute Gasteiger partial charge is 0.0617 e. The zero-order valence-electron chi connectivity index (χ0n) is 11.6. The molecule has 0 radical (unpaired) electrons. The predicted molar refractivity (Wildman–Crippen MR) is 75.5 cm³/mol. The second-order valence-electron chi connectivity index (χ2n) is 5.68. The van der Waals surface area contributed by atoms with Crippen LogP contribution < -0.4 is 0 Å². The molecule has 1 fully saturated rings. The second kappa shape index (κ2) is 5.71. The molecule has 0 amide bonds. The molecule has 0 spiro atoms. The van der Waals surface area contributed by atoms with Crippen LogP contribution in [-0.4, -0.2) is 0 Å². The highest BCUT2D eigenvalue weighted by Gasteiger charge is 2.23. The van der Waals surface area contributed by atoms with Crippen LogP contribution in [0.1, 0.15) is 68.6 Å². The quantitative estimate of drug-likeness (QED) is 0.666. The summed E-state index contributed by atoms with van der Waals surface area (Å²) in [6, 6.07) is 6.87. The molecule has 1 saturated carbocycles. The van der Waals surface area contributed by atoms with E-state index >= 15 is 0 Å². The lowest BCUT2D eigenvalue weighted by Crippen LogP contribution is -2.15. The fourth-order valence-corrected chi connectivity index (χ4v) is 3.52. The molecule has 0 aromatic heterocycles. The Bertz CT molecular complexity index is 358. The van der Waals surface area contributed by atoms with Crippen molar-refractivity contribution in [3.05, 3.63) is 34.9 Å². The highest BCUT2D eigenvalue weighted by molar-refractivity contribution is 5.37. The molecule has 0 saturated heterocycles. The van der Waals surface area contributed by atoms with E-state index in [1.807, 2.05) is 0 Å². The van der Waals surface area contributed by atoms with Crippen LogP contribution >= 0.6 is 0 Å². The van der Waals surface area contributed by atoms with E-state index in [1.165, 1.54) is 44.1 Å². The van der Waals surface area contributed by atoms with E-state index in [9.17, 15) is 0 Å². The van der Waals surface area contributed by atoms with Gasteiger partial charge in [0.2, 0.25) is 0 Å². The molecule has 1 aliphatic carbocycles. The summed E-state index contributed by atoms with van der Waals surface area (Å²) in [6.07, 6.45) is 8.41. The Kier molecular flexibility index (Phi) is 4.25. The van der Waals surface area contributed by atoms with Crippen LogP contribution in [0.25, 0.3) is 0 Å². The number of aryl methyl sites for hydroxylation is 1. The molecule has 1 aromatic rings. The van der Waals surface area contributed by atoms with Gasteiger partial charge in [0.25, 0.3) is 0 Å². The van der Waals surface area contributed by atoms with Crippen LogP contribution in [0.2, 0.25) is 0 Å². The van der Waals surface area contributed by atoms with Gasteiger partial charge in [0.15, 0.2) is 0 Å². The van der Waals surface area contributed by atoms with Crippen molar-refractivity contribution < 1.29 is 0 Å². The molecular weight excluding hydrogens is 204 g/mol. The minimum absolute atomic E-state index is 0.755. The van der Waals surface area contributed by atoms with Gasteiger partial charge in [0.1, 0.15) is 0 Å². The van der Waals surface area contributed by atoms with Crippen LogP contribution in [0, 0.1) is 12.8 Å². The third-order valence-electron chi connectivity index (χ3n) is 4.65. The van der Waals surface area contributed by atoms with E-state index in [0.717, 1.165) is 11.8 Å². The van der Waals surface area contributed by atoms with Gasteiger partial charge in [-0.1, -0.05) is 51.3 Å². The fourth-order valence-electron chi connectivity index (χ4n) is 3.52. The summed E-state index contributed by atoms with van der Waals surface area (Å²) in [5.41, 5.74) is 4.71. The normalized spacial score (nSPS) is 19.2. The van der Waals surface area contributed by atoms with Gasteiger partial charge in [0.05, 0.1) is 0 Å². The fraction of sp³-hybridized carbons (Fsp3) is 0.647. The van der Waals surface area contributed by atoms with Gasteiger partial charge in [-0.05, 0) is 54.7 Å². The topological polar surface area (TPSA) is 0 Å². The van der Waals surface area contributed by atoms with Crippen LogP contribution in [0.15, 0.2) is 18.2 Å². The molecule has 0 N–H and O–H groups in total. The lowest BCUT2D eigenvalue weighted by atomic mass is 9.76. The summed E-state index contributed by atoms with van der Waals surface area (Å²) >= 11 is 0. The Morgan fingerprint density at radius 2 is 1.88 bits per heavy atom. The summed E-state index contributed by atoms with van der Waals surface area (Å²) in [5, 5.41) is 0. The standard InChI is InChI=1S/C17H26/c1-4-16-13(2)9-8-12-17(16)14(3)15-10-6-5-7-11-15/h8-9,12,14-15H,4-7,10-11H2,1-3H3. The van der Waals surface area contributed by atoms with E-state index in [2.05, 4.69) is 39.0 Å². The Morgan fingerprint density at radius 1 is 1.18 bits per heavy atom. The smallest absolute Gasteiger partial charge is 0.0159 e. The van der Waals surface area contributed by atoms with E-state index in [0.29, 0.717) is 0 Å². The van der Waals surface area contributed by atoms with Gasteiger partial charge in [-0.3, -0.25) is 0 Å². The van der Waals surface area contributed by atoms with E-state index in [4.69, 9.17) is 0 Å². The maximum atomic E-state index is 2.45. The van der Waals surface area contributed by atoms with Crippen LogP contribution in [0.4, 0.5) is 0 Å². The number of rotatable bonds is 3. The predicted octanol–water partition coefficient (Wildman–Crippen LogP) is 5.24. The molecular formula is C17H26. The van der Waals surface area contributed by atoms with Gasteiger partial charge >= 0.3 is 0 Å². The van der Waals surface area contributed by atoms with Crippen LogP contribution in [-0.2, 0) is 6.42 Å². The Hall–Kier alpha value is -0.780. The Morgan fingerprint density at radius 3 is 2.53 bits per heavy atom. The molecule has 17 heavy (non-hydrogen) atoms. The molecule has 0 bridgehead atoms. The van der Waals surface area contributed by atoms with E-state index < -0.39 is 0 Å². The molecule has 1 atom stereocenters. The molecule has 0 heteroatoms. The summed E-state index contributed by atoms with van der Waals surface area (Å²) in [5.74, 6) is 1.68. The second-order valence-corrected chi connectivity index (χ2v) is 5.68. The van der Waals surface area contributed by atoms with Crippen molar-refractivity contribution in [3.8, 4) is 0 Å². The number of hydrogen-bond acceptors (Lipinski definition) is 0. The SMILES string of the molecule is CCc1c(C)cccc1C(C)C1CCCCC1. The van der Waals surface area contributed by atoms with Crippen molar-refractivity contribution in [2.75, 3.05) is 0 Å². The van der Waals surface area contributed by atoms with Crippen molar-refractivity contribution in [1.82, 2.24) is 0 Å². The zero-order valence-corrected chi connectivity index (χ0v) is 11.6. The average molecular weight is 230 g/mol. The lowest BCUT2D eigenvalue weighted by Gasteiger charge is -2.29. The number of hydrogen-bond donors (Lipinski definition) is 0. The Balaban J connectivity index is 2.23. The monoisotopic (exact) mass is 230 g/mol. The molecule has 0 aliphatic heterocycles. The first-order valence-corrected chi connectivity index (χ1v) is 7.32. The molecule has 1 aromatic carbocycles. The van der Waals surface area contributed by atoms with Crippen molar-refractivity contribution in [2.24, 2.45) is 5.92 Å². The lowest BCUT2D eigenvalue weighted by molar-refractivity contribution is 0.315. The maximum Gasteiger partial charge on any atom is -0.0159 e. The van der Waals surface area contributed by atoms with E-state index in [-0.39, 0.29) is 0 Å². The maximum absolute atomic E-state index is 2.45. The van der Waals surface area contributed by atoms with Crippen molar-refractivity contribution in [2.45, 2.75) is 65.2 Å². The minimum atomic E-state index is 0.755. The molecule has 0 heterocycles. The first-order chi connectivity index (χ1) is 8.24. The van der Waals surface area contributed by atoms with Crippen molar-refractivity contribution in [1.29, 1.82) is 0 Å². The van der Waals surface area contributed by atoms with Gasteiger partial charge in [-0.25, -0.2) is 0 Å². The minimum Gasteiger partial charge on any atom is -0.0617 e. The average Bonchev–Trinajstić information content (AvgIpc) is 2.38. The summed E-state index contributed by atoms with van der Waals surface area (Å²) in [4.78, 5) is 0. The summed E-state index contributed by atoms with van der Waals surface area (Å²) in [6.45, 7) is 7.00. The molecule has 94 valence electrons. The Labute approximate surface area is 106 Å². The van der Waals surface area contributed by atoms with Crippen molar-refractivity contribution in [3.63, 3.8) is 0 Å². The zero-order chi connectivity index (χ0) is 12.3. The van der Waals surface area contributed by atoms with Crippen LogP contribution in [0.5, 0.6) is 0 Å². The van der Waals surface area contributed by atoms with Crippen molar-refractivity contribution >= 4 is 0 Å².